The Balaban J connectivity index is 1.64. The van der Waals surface area contributed by atoms with Crippen LogP contribution < -0.4 is 4.90 Å². The van der Waals surface area contributed by atoms with Gasteiger partial charge in [-0.1, -0.05) is 18.2 Å². The molecule has 1 amide bonds. The van der Waals surface area contributed by atoms with Gasteiger partial charge in [0, 0.05) is 30.0 Å². The van der Waals surface area contributed by atoms with E-state index in [1.165, 1.54) is 0 Å². The first-order valence-corrected chi connectivity index (χ1v) is 8.93. The quantitative estimate of drug-likeness (QED) is 0.791. The number of nitrogens with zero attached hydrogens (tertiary/aromatic N) is 3. The predicted molar refractivity (Wildman–Crippen MR) is 99.1 cm³/mol. The Morgan fingerprint density at radius 2 is 2.00 bits per heavy atom. The number of ether oxygens (including phenoxy) is 1. The van der Waals surface area contributed by atoms with Crippen molar-refractivity contribution in [3.05, 3.63) is 46.8 Å². The van der Waals surface area contributed by atoms with Crippen molar-refractivity contribution in [1.82, 2.24) is 9.78 Å². The molecule has 0 spiro atoms. The van der Waals surface area contributed by atoms with Gasteiger partial charge in [0.25, 0.3) is 5.91 Å². The normalized spacial score (nSPS) is 16.3. The lowest BCUT2D eigenvalue weighted by Gasteiger charge is -2.35. The smallest absolute Gasteiger partial charge is 0.310 e. The highest BCUT2D eigenvalue weighted by atomic mass is 16.5. The Labute approximate surface area is 153 Å². The Bertz CT molecular complexity index is 841. The van der Waals surface area contributed by atoms with Crippen LogP contribution in [0.2, 0.25) is 0 Å². The molecule has 26 heavy (non-hydrogen) atoms. The molecule has 0 saturated carbocycles. The molecule has 0 bridgehead atoms. The zero-order chi connectivity index (χ0) is 18.8. The monoisotopic (exact) mass is 355 g/mol. The van der Waals surface area contributed by atoms with Crippen molar-refractivity contribution in [3.8, 4) is 0 Å². The van der Waals surface area contributed by atoms with Gasteiger partial charge < -0.3 is 9.64 Å². The summed E-state index contributed by atoms with van der Waals surface area (Å²) in [7, 11) is 1.84. The third-order valence-corrected chi connectivity index (χ3v) is 5.13. The van der Waals surface area contributed by atoms with Gasteiger partial charge in [-0.15, -0.1) is 0 Å². The van der Waals surface area contributed by atoms with Crippen molar-refractivity contribution in [2.45, 2.75) is 46.1 Å². The van der Waals surface area contributed by atoms with Crippen LogP contribution in [0.4, 0.5) is 5.69 Å². The van der Waals surface area contributed by atoms with Gasteiger partial charge in [0.15, 0.2) is 6.61 Å². The molecule has 1 aliphatic heterocycles. The molecular weight excluding hydrogens is 330 g/mol. The van der Waals surface area contributed by atoms with Gasteiger partial charge in [-0.25, -0.2) is 0 Å². The number of fused-ring (bicyclic) bond motifs is 1. The fourth-order valence-electron chi connectivity index (χ4n) is 3.55. The fourth-order valence-corrected chi connectivity index (χ4v) is 3.55. The lowest BCUT2D eigenvalue weighted by Crippen LogP contribution is -2.44. The first-order chi connectivity index (χ1) is 12.4. The van der Waals surface area contributed by atoms with Gasteiger partial charge in [0.05, 0.1) is 12.1 Å². The minimum Gasteiger partial charge on any atom is -0.455 e. The van der Waals surface area contributed by atoms with Crippen LogP contribution in [0.15, 0.2) is 24.3 Å². The number of benzene rings is 1. The van der Waals surface area contributed by atoms with E-state index in [0.29, 0.717) is 0 Å². The van der Waals surface area contributed by atoms with Crippen molar-refractivity contribution in [2.75, 3.05) is 11.5 Å². The van der Waals surface area contributed by atoms with Crippen molar-refractivity contribution in [3.63, 3.8) is 0 Å². The van der Waals surface area contributed by atoms with Crippen LogP contribution in [0.3, 0.4) is 0 Å². The Hall–Kier alpha value is -2.63. The summed E-state index contributed by atoms with van der Waals surface area (Å²) in [6.45, 7) is 5.57. The maximum absolute atomic E-state index is 12.7. The van der Waals surface area contributed by atoms with Gasteiger partial charge in [-0.2, -0.15) is 5.10 Å². The molecule has 1 atom stereocenters. The van der Waals surface area contributed by atoms with E-state index in [0.717, 1.165) is 41.0 Å². The summed E-state index contributed by atoms with van der Waals surface area (Å²) in [5.74, 6) is -0.590. The van der Waals surface area contributed by atoms with Crippen LogP contribution in [0.5, 0.6) is 0 Å². The summed E-state index contributed by atoms with van der Waals surface area (Å²) >= 11 is 0. The maximum Gasteiger partial charge on any atom is 0.310 e. The van der Waals surface area contributed by atoms with E-state index < -0.39 is 5.97 Å². The van der Waals surface area contributed by atoms with Crippen LogP contribution in [0.1, 0.15) is 35.9 Å². The molecule has 1 aliphatic rings. The van der Waals surface area contributed by atoms with Gasteiger partial charge in [-0.3, -0.25) is 14.3 Å². The molecule has 0 fully saturated rings. The standard InChI is InChI=1S/C20H25N3O3/c1-13-9-10-16-7-5-6-8-18(16)23(13)19(24)12-26-20(25)11-17-14(2)21-22(4)15(17)3/h5-8,13H,9-12H2,1-4H3. The highest BCUT2D eigenvalue weighted by Gasteiger charge is 2.28. The molecule has 2 heterocycles. The van der Waals surface area contributed by atoms with Crippen molar-refractivity contribution < 1.29 is 14.3 Å². The average Bonchev–Trinajstić information content (AvgIpc) is 2.85. The number of carbonyl (C=O) groups excluding carboxylic acids is 2. The molecule has 0 N–H and O–H groups in total. The number of anilines is 1. The van der Waals surface area contributed by atoms with Crippen LogP contribution in [0, 0.1) is 13.8 Å². The number of carbonyl (C=O) groups is 2. The minimum atomic E-state index is -0.407. The Morgan fingerprint density at radius 1 is 1.27 bits per heavy atom. The lowest BCUT2D eigenvalue weighted by atomic mass is 9.96. The topological polar surface area (TPSA) is 64.4 Å². The van der Waals surface area contributed by atoms with Crippen molar-refractivity contribution >= 4 is 17.6 Å². The van der Waals surface area contributed by atoms with Gasteiger partial charge in [-0.05, 0) is 45.2 Å². The molecule has 1 aromatic carbocycles. The SMILES string of the molecule is Cc1nn(C)c(C)c1CC(=O)OCC(=O)N1c2ccccc2CCC1C. The summed E-state index contributed by atoms with van der Waals surface area (Å²) in [4.78, 5) is 26.7. The van der Waals surface area contributed by atoms with Crippen LogP contribution in [-0.2, 0) is 34.2 Å². The molecule has 6 heteroatoms. The van der Waals surface area contributed by atoms with E-state index in [1.807, 2.05) is 52.1 Å². The molecular formula is C20H25N3O3. The van der Waals surface area contributed by atoms with E-state index in [-0.39, 0.29) is 25.0 Å². The number of aryl methyl sites for hydroxylation is 3. The van der Waals surface area contributed by atoms with E-state index in [4.69, 9.17) is 4.74 Å². The Kier molecular flexibility index (Phi) is 5.11. The molecule has 0 saturated heterocycles. The molecule has 1 unspecified atom stereocenters. The summed E-state index contributed by atoms with van der Waals surface area (Å²) in [6.07, 6.45) is 2.00. The third kappa shape index (κ3) is 3.49. The van der Waals surface area contributed by atoms with E-state index in [9.17, 15) is 9.59 Å². The summed E-state index contributed by atoms with van der Waals surface area (Å²) in [6, 6.07) is 8.00. The van der Waals surface area contributed by atoms with E-state index in [1.54, 1.807) is 9.58 Å². The largest absolute Gasteiger partial charge is 0.455 e. The second-order valence-electron chi connectivity index (χ2n) is 6.89. The van der Waals surface area contributed by atoms with Gasteiger partial charge >= 0.3 is 5.97 Å². The highest BCUT2D eigenvalue weighted by molar-refractivity contribution is 5.97. The number of hydrogen-bond donors (Lipinski definition) is 0. The van der Waals surface area contributed by atoms with Crippen molar-refractivity contribution in [2.24, 2.45) is 7.05 Å². The minimum absolute atomic E-state index is 0.0962. The molecule has 3 rings (SSSR count). The van der Waals surface area contributed by atoms with Crippen molar-refractivity contribution in [1.29, 1.82) is 0 Å². The molecule has 2 aromatic rings. The number of rotatable bonds is 4. The number of amides is 1. The van der Waals surface area contributed by atoms with E-state index in [2.05, 4.69) is 5.10 Å². The first-order valence-electron chi connectivity index (χ1n) is 8.93. The molecule has 1 aromatic heterocycles. The highest BCUT2D eigenvalue weighted by Crippen LogP contribution is 2.30. The zero-order valence-electron chi connectivity index (χ0n) is 15.8. The second kappa shape index (κ2) is 7.32. The Morgan fingerprint density at radius 3 is 2.69 bits per heavy atom. The van der Waals surface area contributed by atoms with Crippen LogP contribution in [-0.4, -0.2) is 34.3 Å². The maximum atomic E-state index is 12.7. The molecule has 138 valence electrons. The molecule has 0 radical (unpaired) electrons. The predicted octanol–water partition coefficient (Wildman–Crippen LogP) is 2.49. The number of aromatic nitrogens is 2. The van der Waals surface area contributed by atoms with Gasteiger partial charge in [0.2, 0.25) is 0 Å². The third-order valence-electron chi connectivity index (χ3n) is 5.13. The zero-order valence-corrected chi connectivity index (χ0v) is 15.8. The summed E-state index contributed by atoms with van der Waals surface area (Å²) < 4.78 is 7.02. The second-order valence-corrected chi connectivity index (χ2v) is 6.89. The summed E-state index contributed by atoms with van der Waals surface area (Å²) in [5, 5.41) is 4.30. The number of hydrogen-bond acceptors (Lipinski definition) is 4. The summed E-state index contributed by atoms with van der Waals surface area (Å²) in [5.41, 5.74) is 4.69. The lowest BCUT2D eigenvalue weighted by molar-refractivity contribution is -0.147. The fraction of sp³-hybridized carbons (Fsp3) is 0.450. The number of para-hydroxylation sites is 1. The van der Waals surface area contributed by atoms with Gasteiger partial charge in [0.1, 0.15) is 0 Å². The first kappa shape index (κ1) is 18.2. The average molecular weight is 355 g/mol. The number of esters is 1. The van der Waals surface area contributed by atoms with Crippen LogP contribution >= 0.6 is 0 Å². The van der Waals surface area contributed by atoms with Crippen LogP contribution in [0.25, 0.3) is 0 Å². The molecule has 6 nitrogen and oxygen atoms in total. The van der Waals surface area contributed by atoms with E-state index >= 15 is 0 Å². The molecule has 0 aliphatic carbocycles.